The van der Waals surface area contributed by atoms with Crippen LogP contribution in [0.3, 0.4) is 0 Å². The van der Waals surface area contributed by atoms with Gasteiger partial charge in [-0.3, -0.25) is 9.36 Å². The highest BCUT2D eigenvalue weighted by Crippen LogP contribution is 2.33. The Morgan fingerprint density at radius 1 is 0.978 bits per heavy atom. The Hall–Kier alpha value is -4.75. The van der Waals surface area contributed by atoms with Gasteiger partial charge in [0.2, 0.25) is 0 Å². The van der Waals surface area contributed by atoms with Gasteiger partial charge in [-0.1, -0.05) is 117 Å². The topological polar surface area (TPSA) is 69.9 Å². The van der Waals surface area contributed by atoms with E-state index in [9.17, 15) is 9.59 Å². The number of ether oxygens (including phenoxy) is 2. The van der Waals surface area contributed by atoms with Gasteiger partial charge in [-0.05, 0) is 70.5 Å². The molecular weight excluding hydrogens is 593 g/mol. The van der Waals surface area contributed by atoms with Crippen LogP contribution in [0.2, 0.25) is 0 Å². The predicted octanol–water partition coefficient (Wildman–Crippen LogP) is 7.43. The van der Waals surface area contributed by atoms with Gasteiger partial charge in [0.25, 0.3) is 5.56 Å². The highest BCUT2D eigenvalue weighted by Gasteiger charge is 2.34. The molecule has 0 N–H and O–H groups in total. The highest BCUT2D eigenvalue weighted by atomic mass is 32.1. The molecule has 6 nitrogen and oxygen atoms in total. The summed E-state index contributed by atoms with van der Waals surface area (Å²) in [6, 6.07) is 29.8. The number of esters is 1. The van der Waals surface area contributed by atoms with E-state index in [4.69, 9.17) is 14.5 Å². The molecule has 0 bridgehead atoms. The molecular formula is C39H38N2O4S. The van der Waals surface area contributed by atoms with Crippen molar-refractivity contribution in [2.75, 3.05) is 6.61 Å². The molecule has 0 radical (unpaired) electrons. The Balaban J connectivity index is 1.39. The summed E-state index contributed by atoms with van der Waals surface area (Å²) in [7, 11) is 0. The average Bonchev–Trinajstić information content (AvgIpc) is 3.37. The summed E-state index contributed by atoms with van der Waals surface area (Å²) in [5, 5.41) is 2.34. The van der Waals surface area contributed by atoms with Crippen molar-refractivity contribution in [2.24, 2.45) is 4.99 Å². The van der Waals surface area contributed by atoms with E-state index in [1.807, 2.05) is 60.7 Å². The summed E-state index contributed by atoms with van der Waals surface area (Å²) in [5.41, 5.74) is 4.91. The molecule has 0 amide bonds. The quantitative estimate of drug-likeness (QED) is 0.151. The molecule has 1 aliphatic rings. The summed E-state index contributed by atoms with van der Waals surface area (Å²) in [6.45, 7) is 8.81. The van der Waals surface area contributed by atoms with Gasteiger partial charge >= 0.3 is 5.97 Å². The van der Waals surface area contributed by atoms with Gasteiger partial charge in [0, 0.05) is 0 Å². The Labute approximate surface area is 273 Å². The third-order valence-electron chi connectivity index (χ3n) is 8.24. The molecule has 0 aliphatic carbocycles. The molecule has 0 spiro atoms. The molecule has 0 fully saturated rings. The van der Waals surface area contributed by atoms with E-state index in [-0.39, 0.29) is 12.2 Å². The molecule has 1 aliphatic heterocycles. The molecule has 1 aromatic heterocycles. The van der Waals surface area contributed by atoms with Crippen LogP contribution >= 0.6 is 11.3 Å². The van der Waals surface area contributed by atoms with E-state index in [0.29, 0.717) is 45.3 Å². The van der Waals surface area contributed by atoms with E-state index in [1.165, 1.54) is 27.7 Å². The number of hydrogen-bond donors (Lipinski definition) is 0. The lowest BCUT2D eigenvalue weighted by Crippen LogP contribution is -2.40. The average molecular weight is 631 g/mol. The van der Waals surface area contributed by atoms with Crippen LogP contribution in [0.1, 0.15) is 74.8 Å². The van der Waals surface area contributed by atoms with E-state index in [0.717, 1.165) is 23.1 Å². The van der Waals surface area contributed by atoms with Crippen molar-refractivity contribution < 1.29 is 14.3 Å². The minimum Gasteiger partial charge on any atom is -0.489 e. The van der Waals surface area contributed by atoms with E-state index in [1.54, 1.807) is 11.5 Å². The lowest BCUT2D eigenvalue weighted by Gasteiger charge is -2.26. The molecule has 0 unspecified atom stereocenters. The molecule has 2 heterocycles. The molecule has 234 valence electrons. The fourth-order valence-electron chi connectivity index (χ4n) is 5.92. The number of fused-ring (bicyclic) bond motifs is 2. The molecule has 7 heteroatoms. The number of allylic oxidation sites excluding steroid dienone is 1. The zero-order valence-electron chi connectivity index (χ0n) is 26.7. The van der Waals surface area contributed by atoms with Crippen LogP contribution in [0.4, 0.5) is 0 Å². The second-order valence-corrected chi connectivity index (χ2v) is 12.7. The van der Waals surface area contributed by atoms with Crippen molar-refractivity contribution in [3.63, 3.8) is 0 Å². The fourth-order valence-corrected chi connectivity index (χ4v) is 6.94. The number of hydrogen-bond acceptors (Lipinski definition) is 6. The van der Waals surface area contributed by atoms with Crippen LogP contribution in [-0.2, 0) is 16.1 Å². The van der Waals surface area contributed by atoms with Gasteiger partial charge < -0.3 is 9.47 Å². The summed E-state index contributed by atoms with van der Waals surface area (Å²) in [6.07, 6.45) is 3.29. The molecule has 1 atom stereocenters. The third-order valence-corrected chi connectivity index (χ3v) is 9.22. The summed E-state index contributed by atoms with van der Waals surface area (Å²) >= 11 is 1.34. The first-order valence-corrected chi connectivity index (χ1v) is 16.7. The maximum Gasteiger partial charge on any atom is 0.338 e. The minimum atomic E-state index is -0.629. The van der Waals surface area contributed by atoms with Gasteiger partial charge in [-0.25, -0.2) is 9.79 Å². The molecule has 0 saturated carbocycles. The van der Waals surface area contributed by atoms with Gasteiger partial charge in [-0.15, -0.1) is 0 Å². The highest BCUT2D eigenvalue weighted by molar-refractivity contribution is 7.07. The zero-order valence-corrected chi connectivity index (χ0v) is 27.5. The van der Waals surface area contributed by atoms with Gasteiger partial charge in [0.15, 0.2) is 4.80 Å². The Morgan fingerprint density at radius 2 is 1.74 bits per heavy atom. The van der Waals surface area contributed by atoms with Crippen LogP contribution in [0, 0.1) is 0 Å². The predicted molar refractivity (Wildman–Crippen MR) is 185 cm³/mol. The lowest BCUT2D eigenvalue weighted by atomic mass is 9.92. The van der Waals surface area contributed by atoms with Crippen molar-refractivity contribution in [3.8, 4) is 5.75 Å². The number of carbonyl (C=O) groups excluding carboxylic acids is 1. The SMILES string of the molecule is CCCC1=C(C(=O)OCC)[C@H](c2ccc(C(C)C)cc2)n2c(s/c(=C\c3cccc(OCc4cccc5ccccc45)c3)c2=O)=N1. The number of thiazole rings is 1. The first kappa shape index (κ1) is 31.2. The van der Waals surface area contributed by atoms with Crippen molar-refractivity contribution >= 4 is 34.2 Å². The zero-order chi connectivity index (χ0) is 32.2. The maximum absolute atomic E-state index is 14.2. The molecule has 6 rings (SSSR count). The number of carbonyl (C=O) groups is 1. The van der Waals surface area contributed by atoms with Crippen molar-refractivity contribution in [1.82, 2.24) is 4.57 Å². The Bertz CT molecular complexity index is 2100. The van der Waals surface area contributed by atoms with Gasteiger partial charge in [0.1, 0.15) is 12.4 Å². The van der Waals surface area contributed by atoms with Crippen LogP contribution in [-0.4, -0.2) is 17.1 Å². The number of benzene rings is 4. The molecule has 4 aromatic carbocycles. The third kappa shape index (κ3) is 6.33. The van der Waals surface area contributed by atoms with Crippen molar-refractivity contribution in [2.45, 2.75) is 59.1 Å². The second-order valence-electron chi connectivity index (χ2n) is 11.7. The fraction of sp³-hybridized carbons (Fsp3) is 0.256. The Kier molecular flexibility index (Phi) is 9.31. The van der Waals surface area contributed by atoms with E-state index in [2.05, 4.69) is 57.2 Å². The van der Waals surface area contributed by atoms with Crippen molar-refractivity contribution in [1.29, 1.82) is 0 Å². The first-order valence-electron chi connectivity index (χ1n) is 15.9. The maximum atomic E-state index is 14.2. The van der Waals surface area contributed by atoms with Gasteiger partial charge in [-0.2, -0.15) is 0 Å². The van der Waals surface area contributed by atoms with Crippen LogP contribution in [0.5, 0.6) is 5.75 Å². The summed E-state index contributed by atoms with van der Waals surface area (Å²) in [5.74, 6) is 0.643. The molecule has 5 aromatic rings. The number of nitrogens with zero attached hydrogens (tertiary/aromatic N) is 2. The largest absolute Gasteiger partial charge is 0.489 e. The normalized spacial score (nSPS) is 14.8. The Morgan fingerprint density at radius 3 is 2.50 bits per heavy atom. The van der Waals surface area contributed by atoms with Crippen LogP contribution < -0.4 is 19.6 Å². The molecule has 46 heavy (non-hydrogen) atoms. The monoisotopic (exact) mass is 630 g/mol. The second kappa shape index (κ2) is 13.7. The smallest absolute Gasteiger partial charge is 0.338 e. The lowest BCUT2D eigenvalue weighted by molar-refractivity contribution is -0.139. The van der Waals surface area contributed by atoms with Crippen LogP contribution in [0.25, 0.3) is 16.8 Å². The number of aromatic nitrogens is 1. The first-order chi connectivity index (χ1) is 22.4. The van der Waals surface area contributed by atoms with E-state index >= 15 is 0 Å². The summed E-state index contributed by atoms with van der Waals surface area (Å²) < 4.78 is 13.9. The van der Waals surface area contributed by atoms with E-state index < -0.39 is 12.0 Å². The minimum absolute atomic E-state index is 0.193. The van der Waals surface area contributed by atoms with Crippen LogP contribution in [0.15, 0.2) is 112 Å². The van der Waals surface area contributed by atoms with Gasteiger partial charge in [0.05, 0.1) is 28.5 Å². The number of rotatable bonds is 10. The molecule has 0 saturated heterocycles. The van der Waals surface area contributed by atoms with Crippen molar-refractivity contribution in [3.05, 3.63) is 144 Å². The standard InChI is InChI=1S/C39H38N2O4S/c1-5-11-33-35(38(43)44-6-2)36(29-20-18-27(19-21-29)25(3)4)41-37(42)34(46-39(41)40-33)23-26-12-9-16-31(22-26)45-24-30-15-10-14-28-13-7-8-17-32(28)30/h7-10,12-23,25,36H,5-6,11,24H2,1-4H3/b34-23-/t36-/m0/s1. The summed E-state index contributed by atoms with van der Waals surface area (Å²) in [4.78, 5) is 33.1.